The number of aliphatic hydroxyl groups is 1. The SMILES string of the molecule is CCOC(=O)Cn1nc(C)cc1C.Cc1cc(C)n(CC(C)(C)O)n1.[Br-].[CH3-].[Mg+2]. The van der Waals surface area contributed by atoms with Gasteiger partial charge >= 0.3 is 29.0 Å². The van der Waals surface area contributed by atoms with Crippen molar-refractivity contribution in [2.24, 2.45) is 0 Å². The number of esters is 1. The molecule has 1 N–H and O–H groups in total. The Morgan fingerprint density at radius 1 is 1.07 bits per heavy atom. The molecule has 156 valence electrons. The van der Waals surface area contributed by atoms with Crippen molar-refractivity contribution in [2.45, 2.75) is 67.2 Å². The Hall–Kier alpha value is -0.904. The Kier molecular flexibility index (Phi) is 16.0. The van der Waals surface area contributed by atoms with Gasteiger partial charge in [0.1, 0.15) is 6.54 Å². The summed E-state index contributed by atoms with van der Waals surface area (Å²) in [6, 6.07) is 3.94. The van der Waals surface area contributed by atoms with E-state index in [1.807, 2.05) is 44.5 Å². The number of rotatable bonds is 5. The van der Waals surface area contributed by atoms with Crippen LogP contribution in [0.15, 0.2) is 12.1 Å². The number of hydrogen-bond donors (Lipinski definition) is 1. The quantitative estimate of drug-likeness (QED) is 0.360. The topological polar surface area (TPSA) is 82.2 Å². The number of carbonyl (C=O) groups excluding carboxylic acids is 1. The molecule has 0 aliphatic carbocycles. The van der Waals surface area contributed by atoms with Gasteiger partial charge in [-0.2, -0.15) is 10.2 Å². The van der Waals surface area contributed by atoms with Crippen LogP contribution in [-0.2, 0) is 22.6 Å². The molecule has 0 spiro atoms. The number of aromatic nitrogens is 4. The summed E-state index contributed by atoms with van der Waals surface area (Å²) in [7, 11) is 0. The molecule has 0 aromatic carbocycles. The van der Waals surface area contributed by atoms with E-state index in [9.17, 15) is 9.90 Å². The maximum atomic E-state index is 11.1. The summed E-state index contributed by atoms with van der Waals surface area (Å²) in [6.45, 7) is 14.3. The van der Waals surface area contributed by atoms with E-state index in [4.69, 9.17) is 4.74 Å². The van der Waals surface area contributed by atoms with Crippen LogP contribution in [0.25, 0.3) is 0 Å². The Labute approximate surface area is 195 Å². The fourth-order valence-corrected chi connectivity index (χ4v) is 2.37. The second-order valence-corrected chi connectivity index (χ2v) is 6.79. The van der Waals surface area contributed by atoms with Gasteiger partial charge in [-0.05, 0) is 60.6 Å². The Morgan fingerprint density at radius 3 is 1.82 bits per heavy atom. The van der Waals surface area contributed by atoms with Gasteiger partial charge in [0.15, 0.2) is 0 Å². The van der Waals surface area contributed by atoms with E-state index in [0.717, 1.165) is 22.8 Å². The third-order valence-corrected chi connectivity index (χ3v) is 3.33. The first-order chi connectivity index (χ1) is 11.5. The van der Waals surface area contributed by atoms with E-state index in [1.54, 1.807) is 25.5 Å². The number of ether oxygens (including phenoxy) is 1. The minimum absolute atomic E-state index is 0. The van der Waals surface area contributed by atoms with Crippen molar-refractivity contribution >= 4 is 29.0 Å². The van der Waals surface area contributed by atoms with Crippen molar-refractivity contribution in [1.82, 2.24) is 19.6 Å². The van der Waals surface area contributed by atoms with Gasteiger partial charge in [0, 0.05) is 11.4 Å². The predicted molar refractivity (Wildman–Crippen MR) is 109 cm³/mol. The molecule has 2 aromatic heterocycles. The molecular weight excluding hydrogens is 436 g/mol. The van der Waals surface area contributed by atoms with Crippen LogP contribution in [0.3, 0.4) is 0 Å². The minimum Gasteiger partial charge on any atom is -1.00 e. The molecule has 0 bridgehead atoms. The molecule has 0 aliphatic rings. The largest absolute Gasteiger partial charge is 2.00 e. The van der Waals surface area contributed by atoms with Crippen LogP contribution in [0.4, 0.5) is 0 Å². The summed E-state index contributed by atoms with van der Waals surface area (Å²) in [4.78, 5) is 11.1. The Bertz CT molecular complexity index is 709. The summed E-state index contributed by atoms with van der Waals surface area (Å²) >= 11 is 0. The zero-order chi connectivity index (χ0) is 19.2. The Morgan fingerprint density at radius 2 is 1.50 bits per heavy atom. The third-order valence-electron chi connectivity index (χ3n) is 3.33. The van der Waals surface area contributed by atoms with E-state index >= 15 is 0 Å². The fourth-order valence-electron chi connectivity index (χ4n) is 2.37. The molecule has 28 heavy (non-hydrogen) atoms. The average molecular weight is 470 g/mol. The molecule has 0 unspecified atom stereocenters. The predicted octanol–water partition coefficient (Wildman–Crippen LogP) is -0.593. The maximum Gasteiger partial charge on any atom is 2.00 e. The van der Waals surface area contributed by atoms with Crippen LogP contribution in [0, 0.1) is 35.1 Å². The summed E-state index contributed by atoms with van der Waals surface area (Å²) in [5, 5.41) is 17.9. The minimum atomic E-state index is -0.691. The normalized spacial score (nSPS) is 9.86. The van der Waals surface area contributed by atoms with Crippen molar-refractivity contribution in [2.75, 3.05) is 6.61 Å². The zero-order valence-corrected chi connectivity index (χ0v) is 21.4. The molecule has 0 aliphatic heterocycles. The summed E-state index contributed by atoms with van der Waals surface area (Å²) in [5.41, 5.74) is 3.29. The van der Waals surface area contributed by atoms with Crippen LogP contribution in [0.5, 0.6) is 0 Å². The molecule has 0 fully saturated rings. The molecule has 0 atom stereocenters. The van der Waals surface area contributed by atoms with Crippen molar-refractivity contribution in [3.05, 3.63) is 42.3 Å². The fraction of sp³-hybridized carbons (Fsp3) is 0.579. The molecule has 7 nitrogen and oxygen atoms in total. The van der Waals surface area contributed by atoms with Gasteiger partial charge in [-0.25, -0.2) is 0 Å². The summed E-state index contributed by atoms with van der Waals surface area (Å²) in [5.74, 6) is -0.242. The molecule has 9 heteroatoms. The molecule has 0 saturated heterocycles. The van der Waals surface area contributed by atoms with Gasteiger partial charge in [0.2, 0.25) is 0 Å². The number of nitrogens with zero attached hydrogens (tertiary/aromatic N) is 4. The van der Waals surface area contributed by atoms with E-state index < -0.39 is 5.60 Å². The first-order valence-electron chi connectivity index (χ1n) is 8.42. The molecule has 0 amide bonds. The number of hydrogen-bond acceptors (Lipinski definition) is 5. The third kappa shape index (κ3) is 11.8. The van der Waals surface area contributed by atoms with E-state index in [0.29, 0.717) is 13.2 Å². The van der Waals surface area contributed by atoms with Crippen molar-refractivity contribution < 1.29 is 31.6 Å². The van der Waals surface area contributed by atoms with Crippen LogP contribution >= 0.6 is 0 Å². The standard InChI is InChI=1S/C9H14N2O2.C9H16N2O.CH3.BrH.Mg/c1-4-13-9(12)6-11-8(3)5-7(2)10-11;1-7-5-8(2)11(10-7)6-9(3,4)12;;;/h5H,4,6H2,1-3H3;5,12H,6H2,1-4H3;1H3;1H;/q;;-1;;+2/p-1. The smallest absolute Gasteiger partial charge is 1.00 e. The van der Waals surface area contributed by atoms with Crippen LogP contribution in [0.1, 0.15) is 43.5 Å². The van der Waals surface area contributed by atoms with Crippen molar-refractivity contribution in [1.29, 1.82) is 0 Å². The van der Waals surface area contributed by atoms with Crippen molar-refractivity contribution in [3.63, 3.8) is 0 Å². The van der Waals surface area contributed by atoms with E-state index in [2.05, 4.69) is 10.2 Å². The first-order valence-corrected chi connectivity index (χ1v) is 8.42. The van der Waals surface area contributed by atoms with E-state index in [-0.39, 0.29) is 60.0 Å². The van der Waals surface area contributed by atoms with Crippen molar-refractivity contribution in [3.8, 4) is 0 Å². The van der Waals surface area contributed by atoms with Gasteiger partial charge in [0.05, 0.1) is 30.1 Å². The number of halogens is 1. The van der Waals surface area contributed by atoms with Gasteiger partial charge in [0.25, 0.3) is 0 Å². The van der Waals surface area contributed by atoms with Gasteiger partial charge < -0.3 is 34.3 Å². The second kappa shape index (κ2) is 14.1. The first kappa shape index (κ1) is 31.8. The van der Waals surface area contributed by atoms with Gasteiger partial charge in [-0.3, -0.25) is 14.2 Å². The second-order valence-electron chi connectivity index (χ2n) is 6.79. The average Bonchev–Trinajstić information content (AvgIpc) is 2.90. The molecule has 0 radical (unpaired) electrons. The summed E-state index contributed by atoms with van der Waals surface area (Å²) < 4.78 is 8.29. The molecule has 0 saturated carbocycles. The van der Waals surface area contributed by atoms with Crippen LogP contribution < -0.4 is 17.0 Å². The summed E-state index contributed by atoms with van der Waals surface area (Å²) in [6.07, 6.45) is 0. The maximum absolute atomic E-state index is 11.1. The molecular formula is C19H33BrMgN4O3. The molecule has 2 rings (SSSR count). The van der Waals surface area contributed by atoms with Gasteiger partial charge in [-0.15, -0.1) is 0 Å². The molecule has 2 heterocycles. The number of aryl methyl sites for hydroxylation is 4. The number of carbonyl (C=O) groups is 1. The zero-order valence-electron chi connectivity index (χ0n) is 18.4. The van der Waals surface area contributed by atoms with Gasteiger partial charge in [-0.1, -0.05) is 0 Å². The molecule has 2 aromatic rings. The van der Waals surface area contributed by atoms with Crippen LogP contribution in [0.2, 0.25) is 0 Å². The monoisotopic (exact) mass is 468 g/mol. The Balaban J connectivity index is -0.000000404. The van der Waals surface area contributed by atoms with Crippen LogP contribution in [-0.4, -0.2) is 65.9 Å². The van der Waals surface area contributed by atoms with E-state index in [1.165, 1.54) is 0 Å².